The summed E-state index contributed by atoms with van der Waals surface area (Å²) in [5.41, 5.74) is -0.350. The van der Waals surface area contributed by atoms with Gasteiger partial charge in [-0.05, 0) is 52.7 Å². The van der Waals surface area contributed by atoms with Crippen LogP contribution in [0, 0.1) is 5.41 Å². The molecule has 1 atom stereocenters. The largest absolute Gasteiger partial charge is 0.465 e. The first-order valence-electron chi connectivity index (χ1n) is 16.6. The Morgan fingerprint density at radius 1 is 0.800 bits per heavy atom. The van der Waals surface area contributed by atoms with Gasteiger partial charge in [0.25, 0.3) is 0 Å². The van der Waals surface area contributed by atoms with Crippen molar-refractivity contribution in [2.45, 2.75) is 135 Å². The average Bonchev–Trinajstić information content (AvgIpc) is 2.93. The second-order valence-corrected chi connectivity index (χ2v) is 12.4. The molecule has 1 unspecified atom stereocenters. The number of hydrogen-bond acceptors (Lipinski definition) is 4. The Morgan fingerprint density at radius 3 is 1.82 bits per heavy atom. The van der Waals surface area contributed by atoms with E-state index < -0.39 is 6.09 Å². The summed E-state index contributed by atoms with van der Waals surface area (Å²) in [6, 6.07) is 0. The van der Waals surface area contributed by atoms with E-state index in [0.29, 0.717) is 19.6 Å². The lowest BCUT2D eigenvalue weighted by atomic mass is 9.77. The van der Waals surface area contributed by atoms with E-state index in [-0.39, 0.29) is 18.1 Å². The standard InChI is InChI=1S/C33H63N3O4/c1-4-5-6-7-8-9-10-11-12-13-14-15-16-17-18-22-26-34-31(37)40-30-33(24-20-19-21-25-33)29-36(32(38)39)28-23-27-35(2)3/h19-20H,4-18,21-30H2,1-3H3,(H,34,37)(H,38,39). The number of nitrogens with one attached hydrogen (secondary N) is 1. The monoisotopic (exact) mass is 565 g/mol. The first-order chi connectivity index (χ1) is 19.4. The van der Waals surface area contributed by atoms with E-state index in [0.717, 1.165) is 45.1 Å². The third kappa shape index (κ3) is 19.3. The molecule has 0 aromatic heterocycles. The summed E-state index contributed by atoms with van der Waals surface area (Å²) in [6.45, 7) is 4.89. The summed E-state index contributed by atoms with van der Waals surface area (Å²) in [7, 11) is 3.98. The number of carboxylic acid groups (broad SMARTS) is 1. The van der Waals surface area contributed by atoms with Gasteiger partial charge in [-0.2, -0.15) is 0 Å². The number of allylic oxidation sites excluding steroid dienone is 2. The van der Waals surface area contributed by atoms with Gasteiger partial charge in [0.2, 0.25) is 0 Å². The summed E-state index contributed by atoms with van der Waals surface area (Å²) in [4.78, 5) is 27.8. The van der Waals surface area contributed by atoms with Crippen LogP contribution in [-0.2, 0) is 4.74 Å². The molecular formula is C33H63N3O4. The van der Waals surface area contributed by atoms with Crippen LogP contribution in [0.5, 0.6) is 0 Å². The molecule has 0 heterocycles. The highest BCUT2D eigenvalue weighted by Gasteiger charge is 2.35. The van der Waals surface area contributed by atoms with Crippen LogP contribution in [0.4, 0.5) is 9.59 Å². The highest BCUT2D eigenvalue weighted by molar-refractivity contribution is 5.67. The molecule has 1 aliphatic rings. The van der Waals surface area contributed by atoms with Crippen molar-refractivity contribution in [2.75, 3.05) is 46.9 Å². The number of amides is 2. The fourth-order valence-electron chi connectivity index (χ4n) is 5.62. The fraction of sp³-hybridized carbons (Fsp3) is 0.879. The van der Waals surface area contributed by atoms with Gasteiger partial charge in [-0.3, -0.25) is 0 Å². The van der Waals surface area contributed by atoms with Gasteiger partial charge >= 0.3 is 12.2 Å². The van der Waals surface area contributed by atoms with Crippen molar-refractivity contribution in [3.63, 3.8) is 0 Å². The number of unbranched alkanes of at least 4 members (excludes halogenated alkanes) is 15. The predicted octanol–water partition coefficient (Wildman–Crippen LogP) is 8.63. The zero-order valence-corrected chi connectivity index (χ0v) is 26.4. The van der Waals surface area contributed by atoms with Gasteiger partial charge < -0.3 is 25.0 Å². The number of ether oxygens (including phenoxy) is 1. The molecule has 40 heavy (non-hydrogen) atoms. The Hall–Kier alpha value is -1.76. The van der Waals surface area contributed by atoms with E-state index in [1.807, 2.05) is 14.1 Å². The Kier molecular flexibility index (Phi) is 21.7. The molecule has 0 fully saturated rings. The van der Waals surface area contributed by atoms with Gasteiger partial charge in [0.15, 0.2) is 0 Å². The van der Waals surface area contributed by atoms with E-state index in [2.05, 4.69) is 29.3 Å². The SMILES string of the molecule is CCCCCCCCCCCCCCCCCCNC(=O)OCC1(CN(CCCN(C)C)C(=O)O)CC=CCC1. The van der Waals surface area contributed by atoms with Gasteiger partial charge in [-0.15, -0.1) is 0 Å². The van der Waals surface area contributed by atoms with E-state index in [9.17, 15) is 14.7 Å². The van der Waals surface area contributed by atoms with Crippen LogP contribution in [0.25, 0.3) is 0 Å². The minimum absolute atomic E-state index is 0.250. The molecule has 7 nitrogen and oxygen atoms in total. The summed E-state index contributed by atoms with van der Waals surface area (Å²) in [6.07, 6.45) is 27.5. The maximum atomic E-state index is 12.4. The highest BCUT2D eigenvalue weighted by Crippen LogP contribution is 2.34. The quantitative estimate of drug-likeness (QED) is 0.0855. The molecule has 2 amide bonds. The van der Waals surface area contributed by atoms with E-state index in [4.69, 9.17) is 4.74 Å². The smallest absolute Gasteiger partial charge is 0.407 e. The minimum atomic E-state index is -0.902. The normalized spacial score (nSPS) is 16.8. The number of rotatable bonds is 25. The number of carbonyl (C=O) groups is 2. The van der Waals surface area contributed by atoms with Crippen LogP contribution in [0.1, 0.15) is 135 Å². The van der Waals surface area contributed by atoms with Crippen LogP contribution in [-0.4, -0.2) is 74.0 Å². The van der Waals surface area contributed by atoms with Gasteiger partial charge in [0.05, 0.1) is 0 Å². The van der Waals surface area contributed by atoms with Crippen LogP contribution < -0.4 is 5.32 Å². The van der Waals surface area contributed by atoms with Crippen molar-refractivity contribution in [3.05, 3.63) is 12.2 Å². The molecule has 1 aliphatic carbocycles. The molecule has 0 saturated carbocycles. The highest BCUT2D eigenvalue weighted by atomic mass is 16.5. The second-order valence-electron chi connectivity index (χ2n) is 12.4. The fourth-order valence-corrected chi connectivity index (χ4v) is 5.62. The Balaban J connectivity index is 2.10. The van der Waals surface area contributed by atoms with Crippen molar-refractivity contribution < 1.29 is 19.4 Å². The first kappa shape index (κ1) is 36.3. The van der Waals surface area contributed by atoms with E-state index in [1.165, 1.54) is 94.8 Å². The molecule has 1 rings (SSSR count). The lowest BCUT2D eigenvalue weighted by Gasteiger charge is -2.38. The van der Waals surface area contributed by atoms with Crippen molar-refractivity contribution in [1.29, 1.82) is 0 Å². The van der Waals surface area contributed by atoms with Crippen LogP contribution in [0.15, 0.2) is 12.2 Å². The summed E-state index contributed by atoms with van der Waals surface area (Å²) in [5, 5.41) is 12.6. The lowest BCUT2D eigenvalue weighted by Crippen LogP contribution is -2.45. The van der Waals surface area contributed by atoms with E-state index in [1.54, 1.807) is 0 Å². The van der Waals surface area contributed by atoms with Crippen molar-refractivity contribution in [3.8, 4) is 0 Å². The van der Waals surface area contributed by atoms with Crippen LogP contribution >= 0.6 is 0 Å². The molecule has 0 radical (unpaired) electrons. The molecule has 0 aliphatic heterocycles. The van der Waals surface area contributed by atoms with Crippen molar-refractivity contribution in [1.82, 2.24) is 15.1 Å². The number of alkyl carbamates (subject to hydrolysis) is 1. The third-order valence-corrected chi connectivity index (χ3v) is 8.20. The molecule has 7 heteroatoms. The first-order valence-corrected chi connectivity index (χ1v) is 16.6. The van der Waals surface area contributed by atoms with Crippen molar-refractivity contribution in [2.24, 2.45) is 5.41 Å². The van der Waals surface area contributed by atoms with Crippen LogP contribution in [0.2, 0.25) is 0 Å². The Labute approximate surface area is 246 Å². The zero-order valence-electron chi connectivity index (χ0n) is 26.4. The molecule has 0 aromatic carbocycles. The van der Waals surface area contributed by atoms with Gasteiger partial charge in [-0.25, -0.2) is 9.59 Å². The zero-order chi connectivity index (χ0) is 29.3. The third-order valence-electron chi connectivity index (χ3n) is 8.20. The number of hydrogen-bond donors (Lipinski definition) is 2. The molecular weight excluding hydrogens is 502 g/mol. The minimum Gasteiger partial charge on any atom is -0.465 e. The second kappa shape index (κ2) is 23.9. The number of nitrogens with zero attached hydrogens (tertiary/aromatic N) is 2. The van der Waals surface area contributed by atoms with Gasteiger partial charge in [0.1, 0.15) is 6.61 Å². The molecule has 2 N–H and O–H groups in total. The molecule has 0 aromatic rings. The maximum Gasteiger partial charge on any atom is 0.407 e. The predicted molar refractivity (Wildman–Crippen MR) is 167 cm³/mol. The summed E-state index contributed by atoms with van der Waals surface area (Å²) >= 11 is 0. The van der Waals surface area contributed by atoms with Gasteiger partial charge in [-0.1, -0.05) is 115 Å². The van der Waals surface area contributed by atoms with Crippen LogP contribution in [0.3, 0.4) is 0 Å². The van der Waals surface area contributed by atoms with Crippen molar-refractivity contribution >= 4 is 12.2 Å². The molecule has 0 spiro atoms. The molecule has 234 valence electrons. The Morgan fingerprint density at radius 2 is 1.35 bits per heavy atom. The van der Waals surface area contributed by atoms with Gasteiger partial charge in [0, 0.05) is 25.0 Å². The number of carbonyl (C=O) groups excluding carboxylic acids is 1. The topological polar surface area (TPSA) is 82.1 Å². The maximum absolute atomic E-state index is 12.4. The average molecular weight is 566 g/mol. The van der Waals surface area contributed by atoms with E-state index >= 15 is 0 Å². The molecule has 0 bridgehead atoms. The summed E-state index contributed by atoms with van der Waals surface area (Å²) < 4.78 is 5.63. The summed E-state index contributed by atoms with van der Waals surface area (Å²) in [5.74, 6) is 0. The lowest BCUT2D eigenvalue weighted by molar-refractivity contribution is 0.0447. The molecule has 0 saturated heterocycles. The Bertz CT molecular complexity index is 670.